The molecule has 1 N–H and O–H groups in total. The maximum atomic E-state index is 12.4. The van der Waals surface area contributed by atoms with Crippen molar-refractivity contribution in [2.75, 3.05) is 5.75 Å². The number of nitrogens with one attached hydrogen (secondary N) is 1. The van der Waals surface area contributed by atoms with Crippen molar-refractivity contribution in [3.8, 4) is 5.69 Å². The fourth-order valence-electron chi connectivity index (χ4n) is 3.91. The maximum Gasteiger partial charge on any atom is 0.230 e. The first-order valence-corrected chi connectivity index (χ1v) is 11.3. The Balaban J connectivity index is 1.48. The van der Waals surface area contributed by atoms with E-state index in [4.69, 9.17) is 0 Å². The maximum absolute atomic E-state index is 12.4. The number of rotatable bonds is 7. The summed E-state index contributed by atoms with van der Waals surface area (Å²) in [5, 5.41) is 12.2. The van der Waals surface area contributed by atoms with Crippen molar-refractivity contribution in [2.24, 2.45) is 11.3 Å². The zero-order chi connectivity index (χ0) is 20.1. The van der Waals surface area contributed by atoms with Crippen LogP contribution in [-0.4, -0.2) is 32.5 Å². The Hall–Kier alpha value is -1.82. The molecule has 0 radical (unpaired) electrons. The van der Waals surface area contributed by atoms with Gasteiger partial charge in [0, 0.05) is 11.7 Å². The number of nitrogens with zero attached hydrogens (tertiary/aromatic N) is 3. The summed E-state index contributed by atoms with van der Waals surface area (Å²) < 4.78 is 1.93. The van der Waals surface area contributed by atoms with Gasteiger partial charge in [-0.15, -0.1) is 10.2 Å². The third-order valence-electron chi connectivity index (χ3n) is 6.27. The molecule has 1 aliphatic rings. The number of amides is 1. The molecular weight excluding hydrogens is 368 g/mol. The van der Waals surface area contributed by atoms with E-state index in [9.17, 15) is 4.79 Å². The number of aromatic nitrogens is 3. The zero-order valence-corrected chi connectivity index (χ0v) is 18.3. The van der Waals surface area contributed by atoms with Crippen LogP contribution in [0.5, 0.6) is 0 Å². The highest BCUT2D eigenvalue weighted by atomic mass is 32.2. The summed E-state index contributed by atoms with van der Waals surface area (Å²) in [7, 11) is 0. The predicted molar refractivity (Wildman–Crippen MR) is 115 cm³/mol. The van der Waals surface area contributed by atoms with Crippen LogP contribution in [0.15, 0.2) is 35.7 Å². The van der Waals surface area contributed by atoms with Crippen LogP contribution < -0.4 is 5.32 Å². The highest BCUT2D eigenvalue weighted by Gasteiger charge is 2.32. The first kappa shape index (κ1) is 20.9. The van der Waals surface area contributed by atoms with Crippen LogP contribution >= 0.6 is 11.8 Å². The molecule has 1 aromatic carbocycles. The van der Waals surface area contributed by atoms with Gasteiger partial charge in [-0.2, -0.15) is 0 Å². The van der Waals surface area contributed by atoms with Crippen LogP contribution in [0.1, 0.15) is 58.4 Å². The largest absolute Gasteiger partial charge is 0.353 e. The van der Waals surface area contributed by atoms with Crippen molar-refractivity contribution >= 4 is 17.7 Å². The fraction of sp³-hybridized carbons (Fsp3) is 0.591. The molecule has 5 nitrogen and oxygen atoms in total. The summed E-state index contributed by atoms with van der Waals surface area (Å²) in [6.07, 6.45) is 7.50. The molecule has 0 unspecified atom stereocenters. The van der Waals surface area contributed by atoms with Gasteiger partial charge in [-0.3, -0.25) is 9.36 Å². The van der Waals surface area contributed by atoms with Gasteiger partial charge >= 0.3 is 0 Å². The van der Waals surface area contributed by atoms with Crippen molar-refractivity contribution in [3.05, 3.63) is 36.2 Å². The lowest BCUT2D eigenvalue weighted by Gasteiger charge is -2.39. The lowest BCUT2D eigenvalue weighted by atomic mass is 9.69. The van der Waals surface area contributed by atoms with Crippen LogP contribution in [0.25, 0.3) is 5.69 Å². The second kappa shape index (κ2) is 9.12. The number of hydrogen-bond donors (Lipinski definition) is 1. The summed E-state index contributed by atoms with van der Waals surface area (Å²) in [5.74, 6) is 1.22. The van der Waals surface area contributed by atoms with Crippen molar-refractivity contribution in [3.63, 3.8) is 0 Å². The summed E-state index contributed by atoms with van der Waals surface area (Å²) in [5.41, 5.74) is 2.63. The molecule has 1 fully saturated rings. The first-order chi connectivity index (χ1) is 13.4. The van der Waals surface area contributed by atoms with Crippen molar-refractivity contribution < 1.29 is 4.79 Å². The second-order valence-corrected chi connectivity index (χ2v) is 9.51. The Morgan fingerprint density at radius 3 is 2.54 bits per heavy atom. The summed E-state index contributed by atoms with van der Waals surface area (Å²) >= 11 is 1.44. The van der Waals surface area contributed by atoms with Gasteiger partial charge < -0.3 is 5.32 Å². The summed E-state index contributed by atoms with van der Waals surface area (Å²) in [6.45, 7) is 9.09. The number of hydrogen-bond acceptors (Lipinski definition) is 4. The SMILES string of the molecule is CCC(C)(C)C1CCC(NC(=O)CSc2nncn2-c2ccc(C)cc2)CC1. The van der Waals surface area contributed by atoms with Gasteiger partial charge in [-0.1, -0.05) is 56.7 Å². The molecule has 0 atom stereocenters. The van der Waals surface area contributed by atoms with Crippen LogP contribution in [0, 0.1) is 18.3 Å². The third kappa shape index (κ3) is 5.16. The summed E-state index contributed by atoms with van der Waals surface area (Å²) in [4.78, 5) is 12.4. The van der Waals surface area contributed by atoms with Crippen molar-refractivity contribution in [2.45, 2.75) is 71.0 Å². The van der Waals surface area contributed by atoms with Gasteiger partial charge in [0.05, 0.1) is 5.75 Å². The molecule has 1 saturated carbocycles. The van der Waals surface area contributed by atoms with Gasteiger partial charge in [0.15, 0.2) is 5.16 Å². The first-order valence-electron chi connectivity index (χ1n) is 10.3. The average molecular weight is 401 g/mol. The Morgan fingerprint density at radius 1 is 1.21 bits per heavy atom. The van der Waals surface area contributed by atoms with E-state index in [1.54, 1.807) is 6.33 Å². The molecule has 0 aliphatic heterocycles. The number of aryl methyl sites for hydroxylation is 1. The molecule has 0 saturated heterocycles. The Morgan fingerprint density at radius 2 is 1.89 bits per heavy atom. The standard InChI is InChI=1S/C22H32N4OS/c1-5-22(3,4)17-8-10-18(11-9-17)24-20(27)14-28-21-25-23-15-26(21)19-12-6-16(2)7-13-19/h6-7,12-13,15,17-18H,5,8-11,14H2,1-4H3,(H,24,27). The highest BCUT2D eigenvalue weighted by Crippen LogP contribution is 2.40. The Labute approximate surface area is 172 Å². The van der Waals surface area contributed by atoms with E-state index < -0.39 is 0 Å². The minimum atomic E-state index is 0.0849. The monoisotopic (exact) mass is 400 g/mol. The van der Waals surface area contributed by atoms with Crippen molar-refractivity contribution in [1.82, 2.24) is 20.1 Å². The van der Waals surface area contributed by atoms with Crippen LogP contribution in [-0.2, 0) is 4.79 Å². The van der Waals surface area contributed by atoms with E-state index in [2.05, 4.69) is 55.3 Å². The van der Waals surface area contributed by atoms with Crippen LogP contribution in [0.4, 0.5) is 0 Å². The van der Waals surface area contributed by atoms with Gasteiger partial charge in [-0.25, -0.2) is 0 Å². The molecule has 0 bridgehead atoms. The summed E-state index contributed by atoms with van der Waals surface area (Å²) in [6, 6.07) is 8.52. The van der Waals surface area contributed by atoms with E-state index in [1.165, 1.54) is 36.6 Å². The molecule has 3 rings (SSSR count). The number of benzene rings is 1. The van der Waals surface area contributed by atoms with E-state index in [0.717, 1.165) is 29.6 Å². The molecule has 6 heteroatoms. The zero-order valence-electron chi connectivity index (χ0n) is 17.4. The lowest BCUT2D eigenvalue weighted by Crippen LogP contribution is -2.40. The van der Waals surface area contributed by atoms with E-state index in [0.29, 0.717) is 17.2 Å². The Bertz CT molecular complexity index is 776. The smallest absolute Gasteiger partial charge is 0.230 e. The molecule has 152 valence electrons. The number of carbonyl (C=O) groups is 1. The van der Waals surface area contributed by atoms with Gasteiger partial charge in [0.1, 0.15) is 6.33 Å². The number of carbonyl (C=O) groups excluding carboxylic acids is 1. The molecule has 1 aliphatic carbocycles. The average Bonchev–Trinajstić information content (AvgIpc) is 3.16. The Kier molecular flexibility index (Phi) is 6.81. The fourth-order valence-corrected chi connectivity index (χ4v) is 4.65. The van der Waals surface area contributed by atoms with Crippen LogP contribution in [0.3, 0.4) is 0 Å². The van der Waals surface area contributed by atoms with E-state index in [-0.39, 0.29) is 5.91 Å². The minimum Gasteiger partial charge on any atom is -0.353 e. The lowest BCUT2D eigenvalue weighted by molar-refractivity contribution is -0.119. The van der Waals surface area contributed by atoms with Gasteiger partial charge in [0.2, 0.25) is 5.91 Å². The van der Waals surface area contributed by atoms with E-state index >= 15 is 0 Å². The molecule has 1 aromatic heterocycles. The minimum absolute atomic E-state index is 0.0849. The van der Waals surface area contributed by atoms with Gasteiger partial charge in [-0.05, 0) is 56.1 Å². The molecule has 2 aromatic rings. The predicted octanol–water partition coefficient (Wildman–Crippen LogP) is 4.78. The van der Waals surface area contributed by atoms with Crippen molar-refractivity contribution in [1.29, 1.82) is 0 Å². The highest BCUT2D eigenvalue weighted by molar-refractivity contribution is 7.99. The molecular formula is C22H32N4OS. The van der Waals surface area contributed by atoms with E-state index in [1.807, 2.05) is 16.7 Å². The van der Waals surface area contributed by atoms with Crippen LogP contribution in [0.2, 0.25) is 0 Å². The quantitative estimate of drug-likeness (QED) is 0.680. The second-order valence-electron chi connectivity index (χ2n) is 8.57. The topological polar surface area (TPSA) is 59.8 Å². The third-order valence-corrected chi connectivity index (χ3v) is 7.21. The normalized spacial score (nSPS) is 20.1. The molecule has 0 spiro atoms. The molecule has 28 heavy (non-hydrogen) atoms. The van der Waals surface area contributed by atoms with Gasteiger partial charge in [0.25, 0.3) is 0 Å². The number of thioether (sulfide) groups is 1. The molecule has 1 heterocycles. The molecule has 1 amide bonds.